The predicted octanol–water partition coefficient (Wildman–Crippen LogP) is 2.77. The fourth-order valence-electron chi connectivity index (χ4n) is 4.19. The van der Waals surface area contributed by atoms with Crippen LogP contribution in [0.15, 0.2) is 47.4 Å². The van der Waals surface area contributed by atoms with Crippen molar-refractivity contribution in [3.8, 4) is 0 Å². The molecule has 2 aromatic heterocycles. The minimum Gasteiger partial charge on any atom is -0.349 e. The summed E-state index contributed by atoms with van der Waals surface area (Å²) in [5.74, 6) is -0.213. The molecule has 3 heterocycles. The number of hydrogen-bond acceptors (Lipinski definition) is 6. The highest BCUT2D eigenvalue weighted by Gasteiger charge is 2.24. The van der Waals surface area contributed by atoms with Crippen molar-refractivity contribution < 1.29 is 4.79 Å². The number of benzene rings is 1. The first-order chi connectivity index (χ1) is 15.8. The lowest BCUT2D eigenvalue weighted by Gasteiger charge is -2.35. The maximum atomic E-state index is 12.7. The number of amides is 1. The van der Waals surface area contributed by atoms with Gasteiger partial charge in [-0.15, -0.1) is 0 Å². The number of carbonyl (C=O) groups excluding carboxylic acids is 1. The van der Waals surface area contributed by atoms with Crippen LogP contribution in [0.3, 0.4) is 0 Å². The highest BCUT2D eigenvalue weighted by Crippen LogP contribution is 2.19. The summed E-state index contributed by atoms with van der Waals surface area (Å²) in [5.41, 5.74) is 2.51. The monoisotopic (exact) mass is 448 g/mol. The van der Waals surface area contributed by atoms with E-state index in [9.17, 15) is 9.59 Å². The molecule has 1 atom stereocenters. The van der Waals surface area contributed by atoms with Gasteiger partial charge in [-0.3, -0.25) is 19.5 Å². The third-order valence-corrected chi connectivity index (χ3v) is 6.16. The van der Waals surface area contributed by atoms with E-state index in [0.29, 0.717) is 24.3 Å². The van der Waals surface area contributed by atoms with Gasteiger partial charge in [0.1, 0.15) is 5.69 Å². The lowest BCUT2D eigenvalue weighted by Crippen LogP contribution is -2.48. The van der Waals surface area contributed by atoms with Crippen molar-refractivity contribution in [1.82, 2.24) is 30.0 Å². The molecule has 174 valence electrons. The molecule has 0 saturated carbocycles. The number of rotatable bonds is 6. The van der Waals surface area contributed by atoms with E-state index in [2.05, 4.69) is 46.1 Å². The van der Waals surface area contributed by atoms with Crippen LogP contribution in [0.4, 0.5) is 0 Å². The second-order valence-electron chi connectivity index (χ2n) is 9.67. The lowest BCUT2D eigenvalue weighted by atomic mass is 9.92. The Morgan fingerprint density at radius 3 is 2.67 bits per heavy atom. The van der Waals surface area contributed by atoms with Crippen LogP contribution in [0.1, 0.15) is 56.2 Å². The molecule has 0 spiro atoms. The predicted molar refractivity (Wildman–Crippen MR) is 128 cm³/mol. The number of hydrogen-bond donors (Lipinski definition) is 1. The van der Waals surface area contributed by atoms with Crippen molar-refractivity contribution in [2.45, 2.75) is 58.0 Å². The van der Waals surface area contributed by atoms with Gasteiger partial charge >= 0.3 is 0 Å². The number of aromatic nitrogens is 4. The number of carbonyl (C=O) groups is 1. The number of nitrogens with one attached hydrogen (secondary N) is 1. The normalized spacial score (nSPS) is 17.2. The minimum absolute atomic E-state index is 0.0836. The Morgan fingerprint density at radius 1 is 1.09 bits per heavy atom. The molecule has 1 saturated heterocycles. The Kier molecular flexibility index (Phi) is 6.83. The number of nitrogens with zero attached hydrogens (tertiary/aromatic N) is 5. The van der Waals surface area contributed by atoms with Gasteiger partial charge in [0, 0.05) is 30.6 Å². The first-order valence-corrected chi connectivity index (χ1v) is 11.6. The average molecular weight is 449 g/mol. The summed E-state index contributed by atoms with van der Waals surface area (Å²) in [5, 5.41) is 7.62. The average Bonchev–Trinajstić information content (AvgIpc) is 2.81. The van der Waals surface area contributed by atoms with E-state index in [4.69, 9.17) is 0 Å². The van der Waals surface area contributed by atoms with Crippen LogP contribution in [-0.4, -0.2) is 56.2 Å². The summed E-state index contributed by atoms with van der Waals surface area (Å²) in [4.78, 5) is 36.2. The summed E-state index contributed by atoms with van der Waals surface area (Å²) in [6.45, 7) is 9.01. The Hall–Kier alpha value is -3.13. The molecule has 1 aliphatic heterocycles. The van der Waals surface area contributed by atoms with E-state index >= 15 is 0 Å². The van der Waals surface area contributed by atoms with Crippen LogP contribution in [0.5, 0.6) is 0 Å². The highest BCUT2D eigenvalue weighted by atomic mass is 16.2. The van der Waals surface area contributed by atoms with Crippen molar-refractivity contribution in [3.05, 3.63) is 64.3 Å². The molecule has 8 heteroatoms. The summed E-state index contributed by atoms with van der Waals surface area (Å²) >= 11 is 0. The molecule has 8 nitrogen and oxygen atoms in total. The smallest absolute Gasteiger partial charge is 0.271 e. The molecule has 0 aliphatic carbocycles. The number of fused-ring (bicyclic) bond motifs is 1. The van der Waals surface area contributed by atoms with Gasteiger partial charge in [0.15, 0.2) is 0 Å². The zero-order valence-electron chi connectivity index (χ0n) is 19.6. The molecule has 1 amide bonds. The lowest BCUT2D eigenvalue weighted by molar-refractivity contribution is 0.0904. The Bertz CT molecular complexity index is 1180. The molecule has 1 unspecified atom stereocenters. The first kappa shape index (κ1) is 23.0. The fourth-order valence-corrected chi connectivity index (χ4v) is 4.19. The topological polar surface area (TPSA) is 93.0 Å². The minimum atomic E-state index is -0.213. The van der Waals surface area contributed by atoms with Gasteiger partial charge in [0.05, 0.1) is 29.5 Å². The van der Waals surface area contributed by atoms with Crippen LogP contribution in [0, 0.1) is 0 Å². The molecule has 1 aliphatic rings. The summed E-state index contributed by atoms with van der Waals surface area (Å²) < 4.78 is 1.56. The Morgan fingerprint density at radius 2 is 1.88 bits per heavy atom. The second kappa shape index (κ2) is 9.79. The van der Waals surface area contributed by atoms with Crippen LogP contribution in [0.25, 0.3) is 11.0 Å². The third-order valence-electron chi connectivity index (χ3n) is 6.16. The SMILES string of the molecule is CC(C)(C)c1ccc(=O)n(CCN2CCCCC2CNC(=O)c2cnc3ccccc3n2)n1. The van der Waals surface area contributed by atoms with Crippen LogP contribution >= 0.6 is 0 Å². The first-order valence-electron chi connectivity index (χ1n) is 11.6. The number of likely N-dealkylation sites (tertiary alicyclic amines) is 1. The maximum Gasteiger partial charge on any atom is 0.271 e. The van der Waals surface area contributed by atoms with Crippen molar-refractivity contribution in [1.29, 1.82) is 0 Å². The summed E-state index contributed by atoms with van der Waals surface area (Å²) in [6, 6.07) is 11.2. The van der Waals surface area contributed by atoms with Crippen LogP contribution in [-0.2, 0) is 12.0 Å². The van der Waals surface area contributed by atoms with Gasteiger partial charge in [-0.25, -0.2) is 9.67 Å². The fraction of sp³-hybridized carbons (Fsp3) is 0.480. The van der Waals surface area contributed by atoms with E-state index in [-0.39, 0.29) is 22.9 Å². The number of piperidine rings is 1. The maximum absolute atomic E-state index is 12.7. The molecule has 0 bridgehead atoms. The molecule has 33 heavy (non-hydrogen) atoms. The van der Waals surface area contributed by atoms with Gasteiger partial charge in [0.25, 0.3) is 11.5 Å². The van der Waals surface area contributed by atoms with Gasteiger partial charge in [-0.2, -0.15) is 5.10 Å². The van der Waals surface area contributed by atoms with Crippen LogP contribution < -0.4 is 10.9 Å². The zero-order valence-corrected chi connectivity index (χ0v) is 19.6. The highest BCUT2D eigenvalue weighted by molar-refractivity contribution is 5.93. The quantitative estimate of drug-likeness (QED) is 0.623. The summed E-state index contributed by atoms with van der Waals surface area (Å²) in [6.07, 6.45) is 4.78. The van der Waals surface area contributed by atoms with Crippen molar-refractivity contribution in [2.75, 3.05) is 19.6 Å². The van der Waals surface area contributed by atoms with E-state index in [1.807, 2.05) is 30.3 Å². The molecular formula is C25H32N6O2. The van der Waals surface area contributed by atoms with Crippen molar-refractivity contribution >= 4 is 16.9 Å². The Labute approximate surface area is 194 Å². The molecule has 1 aromatic carbocycles. The number of para-hydroxylation sites is 2. The van der Waals surface area contributed by atoms with Crippen molar-refractivity contribution in [2.24, 2.45) is 0 Å². The van der Waals surface area contributed by atoms with Gasteiger partial charge < -0.3 is 5.32 Å². The van der Waals surface area contributed by atoms with E-state index in [1.54, 1.807) is 10.7 Å². The molecule has 0 radical (unpaired) electrons. The van der Waals surface area contributed by atoms with Gasteiger partial charge in [0.2, 0.25) is 0 Å². The standard InChI is InChI=1S/C25H32N6O2/c1-25(2,3)22-11-12-23(32)31(29-22)15-14-30-13-7-6-8-18(30)16-27-24(33)21-17-26-19-9-4-5-10-20(19)28-21/h4-5,9-12,17-18H,6-8,13-16H2,1-3H3,(H,27,33). The van der Waals surface area contributed by atoms with Gasteiger partial charge in [-0.05, 0) is 37.6 Å². The Balaban J connectivity index is 1.38. The molecular weight excluding hydrogens is 416 g/mol. The van der Waals surface area contributed by atoms with E-state index in [0.717, 1.165) is 43.6 Å². The van der Waals surface area contributed by atoms with Gasteiger partial charge in [-0.1, -0.05) is 39.3 Å². The van der Waals surface area contributed by atoms with Crippen molar-refractivity contribution in [3.63, 3.8) is 0 Å². The molecule has 4 rings (SSSR count). The largest absolute Gasteiger partial charge is 0.349 e. The molecule has 1 fully saturated rings. The molecule has 1 N–H and O–H groups in total. The van der Waals surface area contributed by atoms with E-state index in [1.165, 1.54) is 6.20 Å². The summed E-state index contributed by atoms with van der Waals surface area (Å²) in [7, 11) is 0. The van der Waals surface area contributed by atoms with Crippen LogP contribution in [0.2, 0.25) is 0 Å². The zero-order chi connectivity index (χ0) is 23.4. The third kappa shape index (κ3) is 5.63. The second-order valence-corrected chi connectivity index (χ2v) is 9.67. The van der Waals surface area contributed by atoms with E-state index < -0.39 is 0 Å². The molecule has 3 aromatic rings.